The zero-order chi connectivity index (χ0) is 8.43. The maximum atomic E-state index is 10.6. The molecule has 1 rings (SSSR count). The molecule has 0 fully saturated rings. The number of ketones is 1. The third kappa shape index (κ3) is 1.68. The van der Waals surface area contributed by atoms with Crippen LogP contribution < -0.4 is 0 Å². The number of carbonyl (C=O) groups excluding carboxylic acids is 1. The molecule has 0 aliphatic rings. The molecule has 0 aromatic carbocycles. The van der Waals surface area contributed by atoms with E-state index in [-0.39, 0.29) is 5.76 Å². The molecule has 58 valence electrons. The fourth-order valence-corrected chi connectivity index (χ4v) is 0.848. The van der Waals surface area contributed by atoms with Gasteiger partial charge >= 0.3 is 11.8 Å². The summed E-state index contributed by atoms with van der Waals surface area (Å²) in [6.07, 6.45) is 0. The zero-order valence-corrected chi connectivity index (χ0v) is 6.79. The number of hydrogen-bond donors (Lipinski definition) is 1. The van der Waals surface area contributed by atoms with Crippen molar-refractivity contribution in [2.75, 3.05) is 0 Å². The minimum Gasteiger partial charge on any atom is -0.475 e. The molecule has 0 atom stereocenters. The van der Waals surface area contributed by atoms with Crippen molar-refractivity contribution in [2.24, 2.45) is 0 Å². The summed E-state index contributed by atoms with van der Waals surface area (Å²) in [6, 6.07) is 2.75. The number of carbonyl (C=O) groups is 2. The van der Waals surface area contributed by atoms with Crippen LogP contribution in [-0.2, 0) is 4.79 Å². The predicted octanol–water partition coefficient (Wildman–Crippen LogP) is 1.31. The quantitative estimate of drug-likeness (QED) is 0.601. The molecule has 0 bridgehead atoms. The molecule has 0 spiro atoms. The molecular weight excluding hydrogens is 216 g/mol. The molecule has 0 unspecified atom stereocenters. The van der Waals surface area contributed by atoms with Crippen molar-refractivity contribution in [3.8, 4) is 0 Å². The Morgan fingerprint density at radius 3 is 2.45 bits per heavy atom. The summed E-state index contributed by atoms with van der Waals surface area (Å²) in [7, 11) is 0. The molecule has 0 saturated heterocycles. The van der Waals surface area contributed by atoms with Crippen LogP contribution in [-0.4, -0.2) is 16.9 Å². The number of Topliss-reactive ketones (excluding diaryl/α,β-unsaturated/α-hetero) is 1. The molecule has 4 nitrogen and oxygen atoms in total. The van der Waals surface area contributed by atoms with Crippen LogP contribution in [0.3, 0.4) is 0 Å². The van der Waals surface area contributed by atoms with Crippen LogP contribution in [0.1, 0.15) is 10.6 Å². The van der Waals surface area contributed by atoms with Gasteiger partial charge < -0.3 is 9.52 Å². The van der Waals surface area contributed by atoms with Crippen molar-refractivity contribution in [1.82, 2.24) is 0 Å². The molecule has 1 aromatic rings. The Hall–Kier alpha value is -1.10. The topological polar surface area (TPSA) is 67.5 Å². The number of carboxylic acid groups (broad SMARTS) is 1. The van der Waals surface area contributed by atoms with Gasteiger partial charge in [-0.2, -0.15) is 0 Å². The second-order valence-corrected chi connectivity index (χ2v) is 2.52. The van der Waals surface area contributed by atoms with Gasteiger partial charge in [0.1, 0.15) is 0 Å². The highest BCUT2D eigenvalue weighted by Gasteiger charge is 2.17. The van der Waals surface area contributed by atoms with Crippen molar-refractivity contribution < 1.29 is 19.1 Å². The average Bonchev–Trinajstić information content (AvgIpc) is 2.34. The number of halogens is 1. The van der Waals surface area contributed by atoms with Gasteiger partial charge in [-0.15, -0.1) is 0 Å². The minimum atomic E-state index is -1.52. The third-order valence-corrected chi connectivity index (χ3v) is 1.42. The van der Waals surface area contributed by atoms with Gasteiger partial charge in [0.2, 0.25) is 0 Å². The normalized spacial score (nSPS) is 9.55. The molecule has 11 heavy (non-hydrogen) atoms. The van der Waals surface area contributed by atoms with Gasteiger partial charge in [-0.3, -0.25) is 4.79 Å². The number of aliphatic carboxylic acids is 1. The van der Waals surface area contributed by atoms with Gasteiger partial charge in [-0.25, -0.2) is 4.79 Å². The van der Waals surface area contributed by atoms with Crippen LogP contribution in [0, 0.1) is 0 Å². The first-order valence-electron chi connectivity index (χ1n) is 2.64. The Bertz CT molecular complexity index is 301. The fourth-order valence-electron chi connectivity index (χ4n) is 0.542. The van der Waals surface area contributed by atoms with Crippen molar-refractivity contribution in [1.29, 1.82) is 0 Å². The van der Waals surface area contributed by atoms with E-state index in [1.807, 2.05) is 0 Å². The summed E-state index contributed by atoms with van der Waals surface area (Å²) in [5.74, 6) is -2.74. The monoisotopic (exact) mass is 218 g/mol. The summed E-state index contributed by atoms with van der Waals surface area (Å²) in [4.78, 5) is 20.7. The molecule has 1 N–H and O–H groups in total. The van der Waals surface area contributed by atoms with E-state index in [4.69, 9.17) is 9.52 Å². The predicted molar refractivity (Wildman–Crippen MR) is 38.4 cm³/mol. The number of hydrogen-bond acceptors (Lipinski definition) is 3. The molecule has 1 aromatic heterocycles. The molecule has 0 radical (unpaired) electrons. The van der Waals surface area contributed by atoms with Crippen molar-refractivity contribution in [2.45, 2.75) is 0 Å². The lowest BCUT2D eigenvalue weighted by molar-refractivity contribution is -0.131. The second kappa shape index (κ2) is 2.87. The summed E-state index contributed by atoms with van der Waals surface area (Å²) >= 11 is 2.94. The highest BCUT2D eigenvalue weighted by Crippen LogP contribution is 2.14. The summed E-state index contributed by atoms with van der Waals surface area (Å²) < 4.78 is 5.03. The number of carboxylic acids is 1. The first-order valence-corrected chi connectivity index (χ1v) is 3.43. The Kier molecular flexibility index (Phi) is 2.09. The Balaban J connectivity index is 2.94. The van der Waals surface area contributed by atoms with Crippen LogP contribution >= 0.6 is 15.9 Å². The van der Waals surface area contributed by atoms with E-state index in [1.54, 1.807) is 0 Å². The average molecular weight is 219 g/mol. The molecule has 0 aliphatic heterocycles. The molecule has 5 heteroatoms. The van der Waals surface area contributed by atoms with E-state index >= 15 is 0 Å². The maximum absolute atomic E-state index is 10.6. The smallest absolute Gasteiger partial charge is 0.380 e. The summed E-state index contributed by atoms with van der Waals surface area (Å²) in [5, 5.41) is 8.22. The highest BCUT2D eigenvalue weighted by atomic mass is 79.9. The van der Waals surface area contributed by atoms with Crippen LogP contribution in [0.25, 0.3) is 0 Å². The van der Waals surface area contributed by atoms with Crippen LogP contribution in [0.2, 0.25) is 0 Å². The minimum absolute atomic E-state index is 0.177. The van der Waals surface area contributed by atoms with E-state index in [2.05, 4.69) is 15.9 Å². The van der Waals surface area contributed by atoms with Gasteiger partial charge in [0, 0.05) is 0 Å². The van der Waals surface area contributed by atoms with Gasteiger partial charge in [0.05, 0.1) is 0 Å². The summed E-state index contributed by atoms with van der Waals surface area (Å²) in [6.45, 7) is 0. The molecule has 0 amide bonds. The number of furan rings is 1. The van der Waals surface area contributed by atoms with Crippen molar-refractivity contribution >= 4 is 27.7 Å². The summed E-state index contributed by atoms with van der Waals surface area (Å²) in [5.41, 5.74) is 0. The van der Waals surface area contributed by atoms with Gasteiger partial charge in [-0.05, 0) is 28.1 Å². The SMILES string of the molecule is O=C(O)C(=O)c1ccc(Br)o1. The Morgan fingerprint density at radius 2 is 2.09 bits per heavy atom. The Morgan fingerprint density at radius 1 is 1.45 bits per heavy atom. The largest absolute Gasteiger partial charge is 0.475 e. The van der Waals surface area contributed by atoms with Gasteiger partial charge in [0.15, 0.2) is 10.4 Å². The lowest BCUT2D eigenvalue weighted by Gasteiger charge is -1.86. The lowest BCUT2D eigenvalue weighted by atomic mass is 10.3. The van der Waals surface area contributed by atoms with Gasteiger partial charge in [-0.1, -0.05) is 0 Å². The van der Waals surface area contributed by atoms with E-state index in [0.29, 0.717) is 4.67 Å². The molecule has 0 saturated carbocycles. The standard InChI is InChI=1S/C6H3BrO4/c7-4-2-1-3(11-4)5(8)6(9)10/h1-2H,(H,9,10). The fraction of sp³-hybridized carbons (Fsp3) is 0. The molecular formula is C6H3BrO4. The highest BCUT2D eigenvalue weighted by molar-refractivity contribution is 9.10. The lowest BCUT2D eigenvalue weighted by Crippen LogP contribution is -2.11. The van der Waals surface area contributed by atoms with Crippen molar-refractivity contribution in [3.05, 3.63) is 22.6 Å². The van der Waals surface area contributed by atoms with Crippen molar-refractivity contribution in [3.63, 3.8) is 0 Å². The molecule has 1 heterocycles. The van der Waals surface area contributed by atoms with E-state index < -0.39 is 11.8 Å². The second-order valence-electron chi connectivity index (χ2n) is 1.74. The van der Waals surface area contributed by atoms with Crippen LogP contribution in [0.15, 0.2) is 21.2 Å². The molecule has 0 aliphatic carbocycles. The van der Waals surface area contributed by atoms with Crippen LogP contribution in [0.4, 0.5) is 0 Å². The van der Waals surface area contributed by atoms with E-state index in [9.17, 15) is 9.59 Å². The Labute approximate surface area is 69.9 Å². The first kappa shape index (κ1) is 8.00. The van der Waals surface area contributed by atoms with Crippen LogP contribution in [0.5, 0.6) is 0 Å². The maximum Gasteiger partial charge on any atom is 0.380 e. The third-order valence-electron chi connectivity index (χ3n) is 0.991. The van der Waals surface area contributed by atoms with E-state index in [1.165, 1.54) is 12.1 Å². The zero-order valence-electron chi connectivity index (χ0n) is 5.20. The van der Waals surface area contributed by atoms with Gasteiger partial charge in [0.25, 0.3) is 0 Å². The van der Waals surface area contributed by atoms with E-state index in [0.717, 1.165) is 0 Å². The first-order chi connectivity index (χ1) is 5.11. The number of rotatable bonds is 2.